The summed E-state index contributed by atoms with van der Waals surface area (Å²) in [5, 5.41) is 7.45. The van der Waals surface area contributed by atoms with E-state index < -0.39 is 0 Å². The summed E-state index contributed by atoms with van der Waals surface area (Å²) >= 11 is 0. The number of rotatable bonds is 3. The van der Waals surface area contributed by atoms with Crippen LogP contribution in [0, 0.1) is 0 Å². The SMILES string of the molecule is CN[C@@H]1CCC[C@@H]1c1noc(-c2cccnc2)n1. The molecule has 94 valence electrons. The molecule has 5 nitrogen and oxygen atoms in total. The lowest BCUT2D eigenvalue weighted by atomic mass is 10.0. The Labute approximate surface area is 106 Å². The zero-order valence-corrected chi connectivity index (χ0v) is 10.3. The van der Waals surface area contributed by atoms with E-state index in [1.165, 1.54) is 12.8 Å². The number of likely N-dealkylation sites (N-methyl/N-ethyl adjacent to an activating group) is 1. The smallest absolute Gasteiger partial charge is 0.259 e. The van der Waals surface area contributed by atoms with E-state index in [0.717, 1.165) is 17.8 Å². The lowest BCUT2D eigenvalue weighted by molar-refractivity contribution is 0.405. The molecule has 18 heavy (non-hydrogen) atoms. The first-order valence-corrected chi connectivity index (χ1v) is 6.30. The van der Waals surface area contributed by atoms with Gasteiger partial charge in [-0.3, -0.25) is 4.98 Å². The summed E-state index contributed by atoms with van der Waals surface area (Å²) in [7, 11) is 1.99. The molecule has 1 fully saturated rings. The van der Waals surface area contributed by atoms with Gasteiger partial charge in [0.25, 0.3) is 5.89 Å². The fourth-order valence-electron chi connectivity index (χ4n) is 2.61. The maximum atomic E-state index is 5.33. The number of pyridine rings is 1. The van der Waals surface area contributed by atoms with Crippen molar-refractivity contribution in [3.8, 4) is 11.5 Å². The van der Waals surface area contributed by atoms with Crippen molar-refractivity contribution < 1.29 is 4.52 Å². The average Bonchev–Trinajstić information content (AvgIpc) is 3.08. The van der Waals surface area contributed by atoms with Gasteiger partial charge in [-0.15, -0.1) is 0 Å². The van der Waals surface area contributed by atoms with Gasteiger partial charge in [-0.1, -0.05) is 11.6 Å². The van der Waals surface area contributed by atoms with Gasteiger partial charge in [-0.05, 0) is 32.0 Å². The van der Waals surface area contributed by atoms with E-state index in [4.69, 9.17) is 4.52 Å². The van der Waals surface area contributed by atoms with Crippen molar-refractivity contribution in [1.82, 2.24) is 20.4 Å². The van der Waals surface area contributed by atoms with Crippen LogP contribution >= 0.6 is 0 Å². The minimum Gasteiger partial charge on any atom is -0.334 e. The molecule has 2 aromatic rings. The van der Waals surface area contributed by atoms with Crippen molar-refractivity contribution in [2.45, 2.75) is 31.2 Å². The minimum absolute atomic E-state index is 0.365. The van der Waals surface area contributed by atoms with Crippen molar-refractivity contribution in [1.29, 1.82) is 0 Å². The molecule has 0 saturated heterocycles. The molecule has 1 aliphatic rings. The molecule has 0 amide bonds. The molecule has 2 aromatic heterocycles. The van der Waals surface area contributed by atoms with Crippen molar-refractivity contribution in [3.63, 3.8) is 0 Å². The highest BCUT2D eigenvalue weighted by molar-refractivity contribution is 5.50. The molecule has 2 heterocycles. The normalized spacial score (nSPS) is 23.4. The van der Waals surface area contributed by atoms with Crippen LogP contribution in [-0.4, -0.2) is 28.2 Å². The standard InChI is InChI=1S/C13H16N4O/c1-14-11-6-2-5-10(11)12-16-13(18-17-12)9-4-3-7-15-8-9/h3-4,7-8,10-11,14H,2,5-6H2,1H3/t10-,11+/m0/s1. The number of nitrogens with zero attached hydrogens (tertiary/aromatic N) is 3. The van der Waals surface area contributed by atoms with Crippen LogP contribution in [-0.2, 0) is 0 Å². The molecule has 0 spiro atoms. The van der Waals surface area contributed by atoms with E-state index in [2.05, 4.69) is 20.4 Å². The topological polar surface area (TPSA) is 63.8 Å². The second-order valence-electron chi connectivity index (χ2n) is 4.63. The fraction of sp³-hybridized carbons (Fsp3) is 0.462. The van der Waals surface area contributed by atoms with Gasteiger partial charge >= 0.3 is 0 Å². The maximum absolute atomic E-state index is 5.33. The van der Waals surface area contributed by atoms with Crippen LogP contribution in [0.2, 0.25) is 0 Å². The van der Waals surface area contributed by atoms with Gasteiger partial charge in [0.2, 0.25) is 0 Å². The average molecular weight is 244 g/mol. The monoisotopic (exact) mass is 244 g/mol. The highest BCUT2D eigenvalue weighted by atomic mass is 16.5. The van der Waals surface area contributed by atoms with Crippen LogP contribution in [0.4, 0.5) is 0 Å². The van der Waals surface area contributed by atoms with Gasteiger partial charge in [0, 0.05) is 24.4 Å². The van der Waals surface area contributed by atoms with Gasteiger partial charge < -0.3 is 9.84 Å². The second-order valence-corrected chi connectivity index (χ2v) is 4.63. The number of aromatic nitrogens is 3. The van der Waals surface area contributed by atoms with Crippen LogP contribution in [0.25, 0.3) is 11.5 Å². The molecule has 1 aliphatic carbocycles. The van der Waals surface area contributed by atoms with Gasteiger partial charge in [0.05, 0.1) is 5.56 Å². The number of nitrogens with one attached hydrogen (secondary N) is 1. The Morgan fingerprint density at radius 3 is 3.11 bits per heavy atom. The summed E-state index contributed by atoms with van der Waals surface area (Å²) in [4.78, 5) is 8.56. The Hall–Kier alpha value is -1.75. The first kappa shape index (κ1) is 11.3. The van der Waals surface area contributed by atoms with E-state index in [9.17, 15) is 0 Å². The summed E-state index contributed by atoms with van der Waals surface area (Å²) in [6, 6.07) is 4.25. The molecular formula is C13H16N4O. The molecule has 3 rings (SSSR count). The quantitative estimate of drug-likeness (QED) is 0.894. The summed E-state index contributed by atoms with van der Waals surface area (Å²) in [6.45, 7) is 0. The van der Waals surface area contributed by atoms with E-state index in [1.54, 1.807) is 12.4 Å². The van der Waals surface area contributed by atoms with Crippen LogP contribution in [0.3, 0.4) is 0 Å². The number of hydrogen-bond acceptors (Lipinski definition) is 5. The second kappa shape index (κ2) is 4.86. The van der Waals surface area contributed by atoms with Gasteiger partial charge in [0.1, 0.15) is 0 Å². The Morgan fingerprint density at radius 2 is 2.33 bits per heavy atom. The third kappa shape index (κ3) is 2.01. The molecule has 1 N–H and O–H groups in total. The molecule has 0 radical (unpaired) electrons. The highest BCUT2D eigenvalue weighted by Crippen LogP contribution is 2.33. The van der Waals surface area contributed by atoms with Crippen LogP contribution < -0.4 is 5.32 Å². The van der Waals surface area contributed by atoms with Crippen LogP contribution in [0.15, 0.2) is 29.0 Å². The van der Waals surface area contributed by atoms with Gasteiger partial charge in [0.15, 0.2) is 5.82 Å². The highest BCUT2D eigenvalue weighted by Gasteiger charge is 2.31. The predicted molar refractivity (Wildman–Crippen MR) is 67.0 cm³/mol. The van der Waals surface area contributed by atoms with E-state index in [-0.39, 0.29) is 0 Å². The molecule has 0 unspecified atom stereocenters. The molecule has 2 atom stereocenters. The Bertz CT molecular complexity index is 511. The van der Waals surface area contributed by atoms with E-state index >= 15 is 0 Å². The van der Waals surface area contributed by atoms with Crippen molar-refractivity contribution in [3.05, 3.63) is 30.4 Å². The van der Waals surface area contributed by atoms with Crippen LogP contribution in [0.1, 0.15) is 31.0 Å². The fourth-order valence-corrected chi connectivity index (χ4v) is 2.61. The number of hydrogen-bond donors (Lipinski definition) is 1. The zero-order valence-electron chi connectivity index (χ0n) is 10.3. The zero-order chi connectivity index (χ0) is 12.4. The van der Waals surface area contributed by atoms with Gasteiger partial charge in [-0.2, -0.15) is 4.98 Å². The minimum atomic E-state index is 0.365. The van der Waals surface area contributed by atoms with Crippen molar-refractivity contribution in [2.24, 2.45) is 0 Å². The first-order chi connectivity index (χ1) is 8.88. The maximum Gasteiger partial charge on any atom is 0.259 e. The lowest BCUT2D eigenvalue weighted by Crippen LogP contribution is -2.28. The molecule has 0 aromatic carbocycles. The van der Waals surface area contributed by atoms with Crippen molar-refractivity contribution in [2.75, 3.05) is 7.05 Å². The van der Waals surface area contributed by atoms with Crippen molar-refractivity contribution >= 4 is 0 Å². The molecule has 0 aliphatic heterocycles. The summed E-state index contributed by atoms with van der Waals surface area (Å²) < 4.78 is 5.33. The Morgan fingerprint density at radius 1 is 1.39 bits per heavy atom. The molecule has 0 bridgehead atoms. The summed E-state index contributed by atoms with van der Waals surface area (Å²) in [5.41, 5.74) is 0.871. The lowest BCUT2D eigenvalue weighted by Gasteiger charge is -2.14. The largest absolute Gasteiger partial charge is 0.334 e. The predicted octanol–water partition coefficient (Wildman–Crippen LogP) is 1.99. The molecule has 1 saturated carbocycles. The first-order valence-electron chi connectivity index (χ1n) is 6.30. The molecule has 5 heteroatoms. The van der Waals surface area contributed by atoms with E-state index in [0.29, 0.717) is 17.9 Å². The summed E-state index contributed by atoms with van der Waals surface area (Å²) in [5.74, 6) is 1.73. The third-order valence-corrected chi connectivity index (χ3v) is 3.57. The molecular weight excluding hydrogens is 228 g/mol. The summed E-state index contributed by atoms with van der Waals surface area (Å²) in [6.07, 6.45) is 6.98. The Balaban J connectivity index is 1.86. The van der Waals surface area contributed by atoms with Gasteiger partial charge in [-0.25, -0.2) is 0 Å². The van der Waals surface area contributed by atoms with Crippen LogP contribution in [0.5, 0.6) is 0 Å². The van der Waals surface area contributed by atoms with E-state index in [1.807, 2.05) is 19.2 Å². The third-order valence-electron chi connectivity index (χ3n) is 3.57. The Kier molecular flexibility index (Phi) is 3.06.